The maximum absolute atomic E-state index is 12.4. The Morgan fingerprint density at radius 3 is 2.38 bits per heavy atom. The van der Waals surface area contributed by atoms with E-state index in [1.807, 2.05) is 30.3 Å². The van der Waals surface area contributed by atoms with Crippen molar-refractivity contribution < 1.29 is 14.3 Å². The van der Waals surface area contributed by atoms with Crippen LogP contribution in [0, 0.1) is 0 Å². The van der Waals surface area contributed by atoms with Gasteiger partial charge in [-0.3, -0.25) is 4.79 Å². The lowest BCUT2D eigenvalue weighted by atomic mass is 10.1. The molecule has 1 rings (SSSR count). The van der Waals surface area contributed by atoms with Gasteiger partial charge in [-0.05, 0) is 32.8 Å². The first kappa shape index (κ1) is 20.0. The Kier molecular flexibility index (Phi) is 8.30. The van der Waals surface area contributed by atoms with E-state index in [9.17, 15) is 9.59 Å². The molecule has 0 bridgehead atoms. The van der Waals surface area contributed by atoms with Crippen LogP contribution in [0.25, 0.3) is 0 Å². The van der Waals surface area contributed by atoms with Crippen molar-refractivity contribution in [1.82, 2.24) is 10.6 Å². The van der Waals surface area contributed by atoms with Gasteiger partial charge in [0.2, 0.25) is 5.91 Å². The van der Waals surface area contributed by atoms with Gasteiger partial charge in [-0.1, -0.05) is 56.5 Å². The van der Waals surface area contributed by atoms with Crippen LogP contribution >= 0.6 is 0 Å². The van der Waals surface area contributed by atoms with Crippen LogP contribution in [0.1, 0.15) is 58.9 Å². The molecule has 1 aromatic carbocycles. The Balaban J connectivity index is 2.58. The Bertz CT molecular complexity index is 509. The number of nitrogens with one attached hydrogen (secondary N) is 2. The van der Waals surface area contributed by atoms with E-state index >= 15 is 0 Å². The third kappa shape index (κ3) is 8.56. The standard InChI is InChI=1S/C19H30N2O3/c1-5-6-8-13-16(21-18(23)24-19(2,3)4)17(22)20-14-15-11-9-7-10-12-15/h7,9-12,16H,5-6,8,13-14H2,1-4H3,(H,20,22)(H,21,23)/t16-/m0/s1. The van der Waals surface area contributed by atoms with Crippen molar-refractivity contribution in [3.63, 3.8) is 0 Å². The van der Waals surface area contributed by atoms with Gasteiger partial charge in [-0.25, -0.2) is 4.79 Å². The molecule has 134 valence electrons. The third-order valence-electron chi connectivity index (χ3n) is 3.41. The third-order valence-corrected chi connectivity index (χ3v) is 3.41. The number of hydrogen-bond donors (Lipinski definition) is 2. The van der Waals surface area contributed by atoms with Gasteiger partial charge in [0.15, 0.2) is 0 Å². The maximum atomic E-state index is 12.4. The van der Waals surface area contributed by atoms with E-state index in [-0.39, 0.29) is 5.91 Å². The molecular weight excluding hydrogens is 304 g/mol. The fourth-order valence-corrected chi connectivity index (χ4v) is 2.23. The number of amides is 2. The molecule has 0 fully saturated rings. The highest BCUT2D eigenvalue weighted by atomic mass is 16.6. The molecule has 2 N–H and O–H groups in total. The molecule has 0 aliphatic carbocycles. The van der Waals surface area contributed by atoms with Crippen molar-refractivity contribution in [2.24, 2.45) is 0 Å². The highest BCUT2D eigenvalue weighted by Crippen LogP contribution is 2.09. The van der Waals surface area contributed by atoms with Crippen molar-refractivity contribution in [1.29, 1.82) is 0 Å². The molecule has 0 aromatic heterocycles. The normalized spacial score (nSPS) is 12.3. The lowest BCUT2D eigenvalue weighted by molar-refractivity contribution is -0.123. The number of carbonyl (C=O) groups excluding carboxylic acids is 2. The summed E-state index contributed by atoms with van der Waals surface area (Å²) in [5.41, 5.74) is 0.439. The van der Waals surface area contributed by atoms with Gasteiger partial charge < -0.3 is 15.4 Å². The fraction of sp³-hybridized carbons (Fsp3) is 0.579. The molecule has 1 atom stereocenters. The van der Waals surface area contributed by atoms with E-state index in [2.05, 4.69) is 17.6 Å². The molecule has 0 radical (unpaired) electrons. The zero-order chi connectivity index (χ0) is 18.0. The van der Waals surface area contributed by atoms with Crippen LogP contribution < -0.4 is 10.6 Å². The lowest BCUT2D eigenvalue weighted by Gasteiger charge is -2.23. The van der Waals surface area contributed by atoms with E-state index in [0.29, 0.717) is 13.0 Å². The predicted octanol–water partition coefficient (Wildman–Crippen LogP) is 3.78. The minimum absolute atomic E-state index is 0.180. The number of hydrogen-bond acceptors (Lipinski definition) is 3. The number of carbonyl (C=O) groups is 2. The van der Waals surface area contributed by atoms with Crippen molar-refractivity contribution in [3.8, 4) is 0 Å². The molecule has 24 heavy (non-hydrogen) atoms. The smallest absolute Gasteiger partial charge is 0.408 e. The van der Waals surface area contributed by atoms with Crippen LogP contribution in [0.3, 0.4) is 0 Å². The van der Waals surface area contributed by atoms with Gasteiger partial charge in [0.25, 0.3) is 0 Å². The number of benzene rings is 1. The molecule has 0 aliphatic rings. The summed E-state index contributed by atoms with van der Waals surface area (Å²) in [5.74, 6) is -0.180. The zero-order valence-corrected chi connectivity index (χ0v) is 15.2. The van der Waals surface area contributed by atoms with E-state index in [4.69, 9.17) is 4.74 Å². The SMILES string of the molecule is CCCCC[C@H](NC(=O)OC(C)(C)C)C(=O)NCc1ccccc1. The Morgan fingerprint density at radius 2 is 1.79 bits per heavy atom. The number of ether oxygens (including phenoxy) is 1. The van der Waals surface area contributed by atoms with Gasteiger partial charge in [0.05, 0.1) is 0 Å². The molecule has 0 saturated heterocycles. The summed E-state index contributed by atoms with van der Waals surface area (Å²) in [6.07, 6.45) is 3.02. The largest absolute Gasteiger partial charge is 0.444 e. The average Bonchev–Trinajstić information content (AvgIpc) is 2.51. The van der Waals surface area contributed by atoms with Crippen molar-refractivity contribution in [3.05, 3.63) is 35.9 Å². The van der Waals surface area contributed by atoms with Crippen molar-refractivity contribution in [2.45, 2.75) is 71.6 Å². The summed E-state index contributed by atoms with van der Waals surface area (Å²) in [5, 5.41) is 5.58. The first-order valence-corrected chi connectivity index (χ1v) is 8.63. The van der Waals surface area contributed by atoms with Gasteiger partial charge in [-0.2, -0.15) is 0 Å². The summed E-state index contributed by atoms with van der Waals surface area (Å²) in [7, 11) is 0. The van der Waals surface area contributed by atoms with Gasteiger partial charge in [-0.15, -0.1) is 0 Å². The topological polar surface area (TPSA) is 67.4 Å². The predicted molar refractivity (Wildman–Crippen MR) is 95.6 cm³/mol. The van der Waals surface area contributed by atoms with Crippen molar-refractivity contribution in [2.75, 3.05) is 0 Å². The Morgan fingerprint density at radius 1 is 1.12 bits per heavy atom. The highest BCUT2D eigenvalue weighted by Gasteiger charge is 2.23. The van der Waals surface area contributed by atoms with E-state index in [1.165, 1.54) is 0 Å². The highest BCUT2D eigenvalue weighted by molar-refractivity contribution is 5.85. The minimum atomic E-state index is -0.585. The first-order chi connectivity index (χ1) is 11.3. The average molecular weight is 334 g/mol. The number of unbranched alkanes of at least 4 members (excludes halogenated alkanes) is 2. The monoisotopic (exact) mass is 334 g/mol. The minimum Gasteiger partial charge on any atom is -0.444 e. The van der Waals surface area contributed by atoms with Crippen LogP contribution in [-0.2, 0) is 16.1 Å². The molecular formula is C19H30N2O3. The van der Waals surface area contributed by atoms with E-state index in [0.717, 1.165) is 24.8 Å². The molecule has 0 unspecified atom stereocenters. The van der Waals surface area contributed by atoms with Crippen LogP contribution in [0.15, 0.2) is 30.3 Å². The lowest BCUT2D eigenvalue weighted by Crippen LogP contribution is -2.48. The summed E-state index contributed by atoms with van der Waals surface area (Å²) >= 11 is 0. The fourth-order valence-electron chi connectivity index (χ4n) is 2.23. The zero-order valence-electron chi connectivity index (χ0n) is 15.2. The van der Waals surface area contributed by atoms with Crippen LogP contribution in [0.5, 0.6) is 0 Å². The molecule has 2 amide bonds. The second-order valence-electron chi connectivity index (χ2n) is 6.90. The molecule has 1 aromatic rings. The molecule has 0 aliphatic heterocycles. The summed E-state index contributed by atoms with van der Waals surface area (Å²) in [4.78, 5) is 24.4. The molecule has 5 heteroatoms. The van der Waals surface area contributed by atoms with Crippen LogP contribution in [0.4, 0.5) is 4.79 Å². The summed E-state index contributed by atoms with van der Waals surface area (Å²) in [6.45, 7) is 7.95. The molecule has 0 spiro atoms. The maximum Gasteiger partial charge on any atom is 0.408 e. The number of alkyl carbamates (subject to hydrolysis) is 1. The first-order valence-electron chi connectivity index (χ1n) is 8.63. The quantitative estimate of drug-likeness (QED) is 0.711. The summed E-state index contributed by atoms with van der Waals surface area (Å²) in [6, 6.07) is 9.12. The van der Waals surface area contributed by atoms with Crippen LogP contribution in [-0.4, -0.2) is 23.6 Å². The van der Waals surface area contributed by atoms with Gasteiger partial charge >= 0.3 is 6.09 Å². The molecule has 0 saturated carbocycles. The second kappa shape index (κ2) is 9.96. The van der Waals surface area contributed by atoms with Crippen LogP contribution in [0.2, 0.25) is 0 Å². The van der Waals surface area contributed by atoms with E-state index < -0.39 is 17.7 Å². The molecule has 5 nitrogen and oxygen atoms in total. The summed E-state index contributed by atoms with van der Waals surface area (Å²) < 4.78 is 5.26. The second-order valence-corrected chi connectivity index (χ2v) is 6.90. The number of rotatable bonds is 8. The van der Waals surface area contributed by atoms with Gasteiger partial charge in [0, 0.05) is 6.54 Å². The Labute approximate surface area is 145 Å². The molecule has 0 heterocycles. The van der Waals surface area contributed by atoms with Crippen molar-refractivity contribution >= 4 is 12.0 Å². The Hall–Kier alpha value is -2.04. The van der Waals surface area contributed by atoms with E-state index in [1.54, 1.807) is 20.8 Å². The van der Waals surface area contributed by atoms with Gasteiger partial charge in [0.1, 0.15) is 11.6 Å².